The fourth-order valence-electron chi connectivity index (χ4n) is 1.64. The van der Waals surface area contributed by atoms with Crippen molar-refractivity contribution < 1.29 is 13.5 Å². The molecule has 0 heterocycles. The molecule has 0 unspecified atom stereocenters. The van der Waals surface area contributed by atoms with E-state index in [4.69, 9.17) is 11.6 Å². The van der Waals surface area contributed by atoms with Gasteiger partial charge in [-0.3, -0.25) is 4.72 Å². The average molecular weight is 377 g/mol. The predicted octanol–water partition coefficient (Wildman–Crippen LogP) is 3.92. The zero-order valence-electron chi connectivity index (χ0n) is 10.4. The maximum Gasteiger partial charge on any atom is 0.262 e. The molecule has 20 heavy (non-hydrogen) atoms. The molecule has 2 aromatic carbocycles. The van der Waals surface area contributed by atoms with E-state index < -0.39 is 10.0 Å². The van der Waals surface area contributed by atoms with Crippen molar-refractivity contribution in [1.82, 2.24) is 0 Å². The minimum atomic E-state index is -3.72. The van der Waals surface area contributed by atoms with Gasteiger partial charge in [0.05, 0.1) is 15.6 Å². The number of hydrogen-bond donors (Lipinski definition) is 2. The SMILES string of the molecule is Cc1ccc(Br)cc1S(=O)(=O)Nc1ccc(O)c(Cl)c1. The molecule has 4 nitrogen and oxygen atoms in total. The molecule has 7 heteroatoms. The number of sulfonamides is 1. The fourth-order valence-corrected chi connectivity index (χ4v) is 3.66. The maximum atomic E-state index is 12.3. The lowest BCUT2D eigenvalue weighted by Gasteiger charge is -2.11. The number of anilines is 1. The first-order valence-corrected chi connectivity index (χ1v) is 8.22. The molecule has 2 rings (SSSR count). The number of halogens is 2. The summed E-state index contributed by atoms with van der Waals surface area (Å²) >= 11 is 9.00. The van der Waals surface area contributed by atoms with Gasteiger partial charge in [-0.15, -0.1) is 0 Å². The van der Waals surface area contributed by atoms with Crippen molar-refractivity contribution in [1.29, 1.82) is 0 Å². The van der Waals surface area contributed by atoms with Crippen molar-refractivity contribution in [3.63, 3.8) is 0 Å². The van der Waals surface area contributed by atoms with Crippen LogP contribution in [0.25, 0.3) is 0 Å². The van der Waals surface area contributed by atoms with Crippen LogP contribution in [0.3, 0.4) is 0 Å². The summed E-state index contributed by atoms with van der Waals surface area (Å²) in [6, 6.07) is 9.12. The van der Waals surface area contributed by atoms with Crippen LogP contribution in [0.2, 0.25) is 5.02 Å². The molecule has 0 bridgehead atoms. The quantitative estimate of drug-likeness (QED) is 0.798. The van der Waals surface area contributed by atoms with E-state index in [1.165, 1.54) is 24.3 Å². The van der Waals surface area contributed by atoms with Crippen LogP contribution >= 0.6 is 27.5 Å². The highest BCUT2D eigenvalue weighted by Gasteiger charge is 2.17. The van der Waals surface area contributed by atoms with Gasteiger partial charge in [0.1, 0.15) is 5.75 Å². The van der Waals surface area contributed by atoms with Crippen molar-refractivity contribution in [2.75, 3.05) is 4.72 Å². The number of rotatable bonds is 3. The summed E-state index contributed by atoms with van der Waals surface area (Å²) in [5, 5.41) is 9.40. The molecule has 0 aliphatic rings. The maximum absolute atomic E-state index is 12.3. The topological polar surface area (TPSA) is 66.4 Å². The first-order chi connectivity index (χ1) is 9.29. The van der Waals surface area contributed by atoms with Crippen LogP contribution in [0.5, 0.6) is 5.75 Å². The molecule has 106 valence electrons. The Kier molecular flexibility index (Phi) is 4.27. The first-order valence-electron chi connectivity index (χ1n) is 5.57. The number of hydrogen-bond acceptors (Lipinski definition) is 3. The van der Waals surface area contributed by atoms with E-state index in [0.717, 1.165) is 0 Å². The van der Waals surface area contributed by atoms with Gasteiger partial charge in [0.15, 0.2) is 0 Å². The fraction of sp³-hybridized carbons (Fsp3) is 0.0769. The van der Waals surface area contributed by atoms with Gasteiger partial charge < -0.3 is 5.11 Å². The van der Waals surface area contributed by atoms with Crippen LogP contribution in [0.15, 0.2) is 45.8 Å². The predicted molar refractivity (Wildman–Crippen MR) is 82.8 cm³/mol. The Balaban J connectivity index is 2.40. The molecule has 0 radical (unpaired) electrons. The summed E-state index contributed by atoms with van der Waals surface area (Å²) < 4.78 is 27.8. The number of phenols is 1. The van der Waals surface area contributed by atoms with Crippen molar-refractivity contribution in [2.24, 2.45) is 0 Å². The van der Waals surface area contributed by atoms with Crippen LogP contribution in [0.1, 0.15) is 5.56 Å². The van der Waals surface area contributed by atoms with Gasteiger partial charge in [-0.25, -0.2) is 8.42 Å². The second kappa shape index (κ2) is 5.63. The minimum Gasteiger partial charge on any atom is -0.506 e. The summed E-state index contributed by atoms with van der Waals surface area (Å²) in [5.74, 6) is -0.103. The summed E-state index contributed by atoms with van der Waals surface area (Å²) in [6.45, 7) is 1.71. The lowest BCUT2D eigenvalue weighted by Crippen LogP contribution is -2.14. The summed E-state index contributed by atoms with van der Waals surface area (Å²) in [4.78, 5) is 0.177. The highest BCUT2D eigenvalue weighted by molar-refractivity contribution is 9.10. The van der Waals surface area contributed by atoms with Gasteiger partial charge in [0.25, 0.3) is 10.0 Å². The van der Waals surface area contributed by atoms with Gasteiger partial charge in [0, 0.05) is 4.47 Å². The normalized spacial score (nSPS) is 11.3. The van der Waals surface area contributed by atoms with E-state index >= 15 is 0 Å². The molecule has 0 saturated carbocycles. The molecule has 0 fully saturated rings. The van der Waals surface area contributed by atoms with Gasteiger partial charge in [-0.1, -0.05) is 33.6 Å². The highest BCUT2D eigenvalue weighted by Crippen LogP contribution is 2.28. The molecule has 0 aromatic heterocycles. The largest absolute Gasteiger partial charge is 0.506 e. The number of benzene rings is 2. The number of aromatic hydroxyl groups is 1. The lowest BCUT2D eigenvalue weighted by atomic mass is 10.2. The highest BCUT2D eigenvalue weighted by atomic mass is 79.9. The Labute approximate surface area is 130 Å². The van der Waals surface area contributed by atoms with Gasteiger partial charge >= 0.3 is 0 Å². The molecule has 0 atom stereocenters. The number of aryl methyl sites for hydroxylation is 1. The Morgan fingerprint density at radius 2 is 1.90 bits per heavy atom. The average Bonchev–Trinajstić information content (AvgIpc) is 2.36. The lowest BCUT2D eigenvalue weighted by molar-refractivity contribution is 0.475. The van der Waals surface area contributed by atoms with E-state index in [9.17, 15) is 13.5 Å². The van der Waals surface area contributed by atoms with Crippen molar-refractivity contribution in [3.05, 3.63) is 51.5 Å². The van der Waals surface area contributed by atoms with Gasteiger partial charge in [0.2, 0.25) is 0 Å². The van der Waals surface area contributed by atoms with Crippen LogP contribution < -0.4 is 4.72 Å². The second-order valence-electron chi connectivity index (χ2n) is 4.18. The van der Waals surface area contributed by atoms with E-state index in [1.807, 2.05) is 0 Å². The van der Waals surface area contributed by atoms with Crippen molar-refractivity contribution >= 4 is 43.2 Å². The molecule has 0 amide bonds. The monoisotopic (exact) mass is 375 g/mol. The third kappa shape index (κ3) is 3.26. The summed E-state index contributed by atoms with van der Waals surface area (Å²) in [5.41, 5.74) is 0.915. The van der Waals surface area contributed by atoms with Crippen LogP contribution in [0, 0.1) is 6.92 Å². The molecule has 2 aromatic rings. The van der Waals surface area contributed by atoms with E-state index in [1.54, 1.807) is 19.1 Å². The molecule has 2 N–H and O–H groups in total. The van der Waals surface area contributed by atoms with Gasteiger partial charge in [-0.2, -0.15) is 0 Å². The zero-order valence-corrected chi connectivity index (χ0v) is 13.6. The van der Waals surface area contributed by atoms with Crippen molar-refractivity contribution in [2.45, 2.75) is 11.8 Å². The Bertz CT molecular complexity index is 762. The van der Waals surface area contributed by atoms with Crippen LogP contribution in [-0.4, -0.2) is 13.5 Å². The molecular formula is C13H11BrClNO3S. The van der Waals surface area contributed by atoms with E-state index in [2.05, 4.69) is 20.7 Å². The Morgan fingerprint density at radius 3 is 2.55 bits per heavy atom. The molecule has 0 saturated heterocycles. The number of nitrogens with one attached hydrogen (secondary N) is 1. The molecule has 0 aliphatic carbocycles. The third-order valence-corrected chi connectivity index (χ3v) is 4.96. The van der Waals surface area contributed by atoms with E-state index in [0.29, 0.717) is 10.0 Å². The summed E-state index contributed by atoms with van der Waals surface area (Å²) in [6.07, 6.45) is 0. The zero-order chi connectivity index (χ0) is 14.9. The van der Waals surface area contributed by atoms with Crippen molar-refractivity contribution in [3.8, 4) is 5.75 Å². The van der Waals surface area contributed by atoms with Crippen LogP contribution in [0.4, 0.5) is 5.69 Å². The Morgan fingerprint density at radius 1 is 1.20 bits per heavy atom. The third-order valence-electron chi connectivity index (χ3n) is 2.64. The molecule has 0 spiro atoms. The van der Waals surface area contributed by atoms with E-state index in [-0.39, 0.29) is 21.4 Å². The summed E-state index contributed by atoms with van der Waals surface area (Å²) in [7, 11) is -3.72. The van der Waals surface area contributed by atoms with Crippen LogP contribution in [-0.2, 0) is 10.0 Å². The minimum absolute atomic E-state index is 0.0798. The Hall–Kier alpha value is -1.24. The molecule has 0 aliphatic heterocycles. The number of phenolic OH excluding ortho intramolecular Hbond substituents is 1. The molecular weight excluding hydrogens is 366 g/mol. The second-order valence-corrected chi connectivity index (χ2v) is 7.16. The smallest absolute Gasteiger partial charge is 0.262 e. The first kappa shape index (κ1) is 15.2. The standard InChI is InChI=1S/C13H11BrClNO3S/c1-8-2-3-9(14)6-13(8)20(18,19)16-10-4-5-12(17)11(15)7-10/h2-7,16-17H,1H3. The van der Waals surface area contributed by atoms with Gasteiger partial charge in [-0.05, 0) is 42.8 Å².